The monoisotopic (exact) mass is 174 g/mol. The second-order valence-electron chi connectivity index (χ2n) is 1.89. The van der Waals surface area contributed by atoms with Gasteiger partial charge in [-0.1, -0.05) is 18.2 Å². The van der Waals surface area contributed by atoms with Gasteiger partial charge in [-0.05, 0) is 12.1 Å². The number of rotatable bonds is 2. The molecule has 0 saturated carbocycles. The van der Waals surface area contributed by atoms with Gasteiger partial charge in [-0.15, -0.1) is 0 Å². The first-order valence-corrected chi connectivity index (χ1v) is 4.32. The molecule has 0 N–H and O–H groups in total. The van der Waals surface area contributed by atoms with Gasteiger partial charge >= 0.3 is 10.1 Å². The highest BCUT2D eigenvalue weighted by Gasteiger charge is 2.01. The van der Waals surface area contributed by atoms with Crippen molar-refractivity contribution < 1.29 is 15.3 Å². The molecule has 11 heavy (non-hydrogen) atoms. The Bertz CT molecular complexity index is 361. The molecule has 1 aromatic carbocycles. The SMILES string of the molecule is [2H]C([2H])S(=O)(=O)Oc1ccccc1. The van der Waals surface area contributed by atoms with Crippen molar-refractivity contribution in [3.63, 3.8) is 0 Å². The maximum absolute atomic E-state index is 10.9. The summed E-state index contributed by atoms with van der Waals surface area (Å²) in [6, 6.07) is 7.81. The van der Waals surface area contributed by atoms with Gasteiger partial charge < -0.3 is 4.18 Å². The average Bonchev–Trinajstić information content (AvgIpc) is 2.05. The van der Waals surface area contributed by atoms with Crippen molar-refractivity contribution in [2.45, 2.75) is 0 Å². The molecule has 1 aromatic rings. The van der Waals surface area contributed by atoms with E-state index >= 15 is 0 Å². The molecule has 0 fully saturated rings. The smallest absolute Gasteiger partial charge is 0.306 e. The lowest BCUT2D eigenvalue weighted by Crippen LogP contribution is -2.05. The van der Waals surface area contributed by atoms with Crippen molar-refractivity contribution >= 4 is 10.1 Å². The fourth-order valence-corrected chi connectivity index (χ4v) is 0.990. The lowest BCUT2D eigenvalue weighted by molar-refractivity contribution is 0.493. The molecule has 0 unspecified atom stereocenters. The molecule has 0 bridgehead atoms. The van der Waals surface area contributed by atoms with E-state index in [9.17, 15) is 8.42 Å². The Balaban J connectivity index is 2.82. The summed E-state index contributed by atoms with van der Waals surface area (Å²) in [6.45, 7) is 0. The molecule has 0 heterocycles. The fraction of sp³-hybridized carbons (Fsp3) is 0.143. The maximum Gasteiger partial charge on any atom is 0.306 e. The van der Waals surface area contributed by atoms with Crippen LogP contribution in [-0.4, -0.2) is 14.6 Å². The Morgan fingerprint density at radius 3 is 2.55 bits per heavy atom. The second kappa shape index (κ2) is 2.92. The molecule has 60 valence electrons. The Hall–Kier alpha value is -1.03. The summed E-state index contributed by atoms with van der Waals surface area (Å²) in [6.07, 6.45) is -2.02. The Kier molecular flexibility index (Phi) is 1.49. The van der Waals surface area contributed by atoms with E-state index < -0.39 is 16.3 Å². The van der Waals surface area contributed by atoms with Crippen molar-refractivity contribution in [2.24, 2.45) is 0 Å². The zero-order valence-electron chi connectivity index (χ0n) is 7.60. The van der Waals surface area contributed by atoms with E-state index in [0.717, 1.165) is 0 Å². The van der Waals surface area contributed by atoms with E-state index in [0.29, 0.717) is 0 Å². The molecule has 0 aromatic heterocycles. The van der Waals surface area contributed by atoms with Gasteiger partial charge in [0.25, 0.3) is 0 Å². The molecule has 0 amide bonds. The molecule has 0 aliphatic carbocycles. The summed E-state index contributed by atoms with van der Waals surface area (Å²) in [7, 11) is -4.12. The third kappa shape index (κ3) is 3.04. The number of hydrogen-bond acceptors (Lipinski definition) is 3. The molecule has 3 nitrogen and oxygen atoms in total. The van der Waals surface area contributed by atoms with Gasteiger partial charge in [0, 0.05) is 2.74 Å². The maximum atomic E-state index is 10.9. The molecule has 0 aliphatic rings. The van der Waals surface area contributed by atoms with Gasteiger partial charge in [0.05, 0.1) is 6.21 Å². The van der Waals surface area contributed by atoms with Gasteiger partial charge in [-0.2, -0.15) is 8.42 Å². The molecule has 1 rings (SSSR count). The summed E-state index contributed by atoms with van der Waals surface area (Å²) in [4.78, 5) is 0. The first-order valence-electron chi connectivity index (χ1n) is 4.01. The number of para-hydroxylation sites is 1. The second-order valence-corrected chi connectivity index (χ2v) is 3.04. The number of hydrogen-bond donors (Lipinski definition) is 0. The van der Waals surface area contributed by atoms with Gasteiger partial charge in [0.15, 0.2) is 0 Å². The van der Waals surface area contributed by atoms with Crippen LogP contribution in [-0.2, 0) is 10.1 Å². The third-order valence-corrected chi connectivity index (χ3v) is 1.38. The van der Waals surface area contributed by atoms with Gasteiger partial charge in [-0.25, -0.2) is 0 Å². The van der Waals surface area contributed by atoms with Gasteiger partial charge in [0.2, 0.25) is 0 Å². The summed E-state index contributed by atoms with van der Waals surface area (Å²) in [5, 5.41) is 0. The van der Waals surface area contributed by atoms with Crippen LogP contribution in [0.4, 0.5) is 0 Å². The lowest BCUT2D eigenvalue weighted by atomic mass is 10.3. The lowest BCUT2D eigenvalue weighted by Gasteiger charge is -1.99. The van der Waals surface area contributed by atoms with Crippen LogP contribution in [0.15, 0.2) is 30.3 Å². The van der Waals surface area contributed by atoms with Gasteiger partial charge in [0.1, 0.15) is 5.75 Å². The predicted octanol–water partition coefficient (Wildman–Crippen LogP) is 1.02. The highest BCUT2D eigenvalue weighted by atomic mass is 32.2. The molecule has 0 radical (unpaired) electrons. The quantitative estimate of drug-likeness (QED) is 0.629. The summed E-state index contributed by atoms with van der Waals surface area (Å²) < 4.78 is 39.6. The van der Waals surface area contributed by atoms with Crippen LogP contribution in [0.2, 0.25) is 0 Å². The molecule has 4 heteroatoms. The average molecular weight is 174 g/mol. The first-order chi connectivity index (χ1) is 6.02. The molecular formula is C7H8O3S. The molecular weight excluding hydrogens is 164 g/mol. The van der Waals surface area contributed by atoms with Crippen LogP contribution in [0.25, 0.3) is 0 Å². The van der Waals surface area contributed by atoms with Crippen molar-refractivity contribution in [2.75, 3.05) is 6.21 Å². The Morgan fingerprint density at radius 1 is 1.36 bits per heavy atom. The largest absolute Gasteiger partial charge is 0.383 e. The molecule has 0 aliphatic heterocycles. The van der Waals surface area contributed by atoms with Crippen molar-refractivity contribution in [1.29, 1.82) is 0 Å². The Morgan fingerprint density at radius 2 is 2.00 bits per heavy atom. The summed E-state index contributed by atoms with van der Waals surface area (Å²) in [5.74, 6) is 0.118. The standard InChI is InChI=1S/C7H8O3S/c1-11(8,9)10-7-5-3-2-4-6-7/h2-6H,1H3/i1D2. The van der Waals surface area contributed by atoms with E-state index in [-0.39, 0.29) is 5.75 Å². The van der Waals surface area contributed by atoms with E-state index in [1.54, 1.807) is 18.2 Å². The third-order valence-electron chi connectivity index (χ3n) is 0.956. The fourth-order valence-electron chi connectivity index (χ4n) is 0.610. The van der Waals surface area contributed by atoms with E-state index in [2.05, 4.69) is 4.18 Å². The van der Waals surface area contributed by atoms with Crippen molar-refractivity contribution in [1.82, 2.24) is 0 Å². The predicted molar refractivity (Wildman–Crippen MR) is 41.9 cm³/mol. The minimum Gasteiger partial charge on any atom is -0.383 e. The topological polar surface area (TPSA) is 43.4 Å². The highest BCUT2D eigenvalue weighted by molar-refractivity contribution is 7.86. The van der Waals surface area contributed by atoms with Crippen LogP contribution in [0, 0.1) is 0 Å². The van der Waals surface area contributed by atoms with Crippen LogP contribution in [0.3, 0.4) is 0 Å². The molecule has 0 saturated heterocycles. The van der Waals surface area contributed by atoms with E-state index in [1.165, 1.54) is 12.1 Å². The van der Waals surface area contributed by atoms with E-state index in [4.69, 9.17) is 2.74 Å². The number of benzene rings is 1. The van der Waals surface area contributed by atoms with Crippen molar-refractivity contribution in [3.8, 4) is 5.75 Å². The van der Waals surface area contributed by atoms with Crippen LogP contribution < -0.4 is 4.18 Å². The summed E-state index contributed by atoms with van der Waals surface area (Å²) >= 11 is 0. The minimum atomic E-state index is -4.12. The van der Waals surface area contributed by atoms with Crippen LogP contribution in [0.1, 0.15) is 2.74 Å². The first kappa shape index (κ1) is 5.60. The summed E-state index contributed by atoms with van der Waals surface area (Å²) in [5.41, 5.74) is 0. The van der Waals surface area contributed by atoms with Crippen molar-refractivity contribution in [3.05, 3.63) is 30.3 Å². The zero-order chi connectivity index (χ0) is 9.90. The van der Waals surface area contributed by atoms with Gasteiger partial charge in [-0.3, -0.25) is 0 Å². The zero-order valence-corrected chi connectivity index (χ0v) is 6.41. The minimum absolute atomic E-state index is 0.118. The van der Waals surface area contributed by atoms with E-state index in [1.807, 2.05) is 0 Å². The molecule has 0 spiro atoms. The Labute approximate surface area is 68.6 Å². The normalized spacial score (nSPS) is 13.9. The van der Waals surface area contributed by atoms with Crippen LogP contribution >= 0.6 is 0 Å². The highest BCUT2D eigenvalue weighted by Crippen LogP contribution is 2.09. The molecule has 0 atom stereocenters. The van der Waals surface area contributed by atoms with Crippen LogP contribution in [0.5, 0.6) is 5.75 Å².